The third kappa shape index (κ3) is 4.40. The summed E-state index contributed by atoms with van der Waals surface area (Å²) in [5.41, 5.74) is 5.15. The molecule has 1 unspecified atom stereocenters. The maximum absolute atomic E-state index is 12.7. The molecule has 4 rings (SSSR count). The van der Waals surface area contributed by atoms with Gasteiger partial charge in [0.05, 0.1) is 17.2 Å². The third-order valence-corrected chi connectivity index (χ3v) is 6.26. The van der Waals surface area contributed by atoms with Crippen molar-refractivity contribution in [2.75, 3.05) is 11.9 Å². The quantitative estimate of drug-likeness (QED) is 0.623. The fourth-order valence-corrected chi connectivity index (χ4v) is 4.62. The summed E-state index contributed by atoms with van der Waals surface area (Å²) >= 11 is 0. The molecule has 0 saturated carbocycles. The molecule has 1 atom stereocenters. The molecule has 1 heterocycles. The van der Waals surface area contributed by atoms with Gasteiger partial charge in [-0.05, 0) is 72.9 Å². The maximum atomic E-state index is 12.7. The largest absolute Gasteiger partial charge is 0.331 e. The van der Waals surface area contributed by atoms with E-state index in [9.17, 15) is 14.4 Å². The second-order valence-electron chi connectivity index (χ2n) is 9.17. The first-order valence-corrected chi connectivity index (χ1v) is 11.6. The Morgan fingerprint density at radius 2 is 1.69 bits per heavy atom. The molecule has 0 fully saturated rings. The van der Waals surface area contributed by atoms with Gasteiger partial charge >= 0.3 is 6.03 Å². The normalized spacial score (nSPS) is 16.1. The minimum Gasteiger partial charge on any atom is -0.331 e. The number of hydrogen-bond acceptors (Lipinski definition) is 3. The lowest BCUT2D eigenvalue weighted by Gasteiger charge is -2.22. The number of carbonyl (C=O) groups excluding carboxylic acids is 3. The van der Waals surface area contributed by atoms with Gasteiger partial charge in [0.15, 0.2) is 0 Å². The number of rotatable bonds is 6. The number of anilines is 1. The Hall–Kier alpha value is -3.15. The number of nitrogens with zero attached hydrogens (tertiary/aromatic N) is 1. The molecule has 0 radical (unpaired) electrons. The Kier molecular flexibility index (Phi) is 6.31. The molecule has 0 aromatic heterocycles. The fourth-order valence-electron chi connectivity index (χ4n) is 4.62. The molecule has 32 heavy (non-hydrogen) atoms. The van der Waals surface area contributed by atoms with Crippen LogP contribution in [0, 0.1) is 5.92 Å². The van der Waals surface area contributed by atoms with Gasteiger partial charge in [0.2, 0.25) is 0 Å². The van der Waals surface area contributed by atoms with Crippen LogP contribution in [0.15, 0.2) is 36.4 Å². The van der Waals surface area contributed by atoms with E-state index in [1.807, 2.05) is 20.8 Å². The summed E-state index contributed by atoms with van der Waals surface area (Å²) in [6.07, 6.45) is 5.47. The molecule has 4 amide bonds. The van der Waals surface area contributed by atoms with Gasteiger partial charge in [-0.1, -0.05) is 39.0 Å². The highest BCUT2D eigenvalue weighted by atomic mass is 16.2. The van der Waals surface area contributed by atoms with Crippen LogP contribution >= 0.6 is 0 Å². The number of hydrogen-bond donors (Lipinski definition) is 2. The number of amides is 4. The zero-order chi connectivity index (χ0) is 22.8. The van der Waals surface area contributed by atoms with E-state index >= 15 is 0 Å². The van der Waals surface area contributed by atoms with Crippen LogP contribution in [0.4, 0.5) is 10.5 Å². The monoisotopic (exact) mass is 433 g/mol. The van der Waals surface area contributed by atoms with Crippen molar-refractivity contribution in [2.45, 2.75) is 58.9 Å². The summed E-state index contributed by atoms with van der Waals surface area (Å²) in [4.78, 5) is 39.2. The van der Waals surface area contributed by atoms with Crippen molar-refractivity contribution < 1.29 is 14.4 Å². The minimum absolute atomic E-state index is 0.0959. The lowest BCUT2D eigenvalue weighted by atomic mass is 9.89. The zero-order valence-corrected chi connectivity index (χ0v) is 19.0. The fraction of sp³-hybridized carbons (Fsp3) is 0.423. The number of benzene rings is 2. The standard InChI is InChI=1S/C26H31N3O3/c1-4-23(19-10-9-17-7-5-6-8-18(17)13-19)28-26(32)27-20-11-12-21-22(14-20)25(31)29(24(21)30)15-16(2)3/h9-14,16,23H,4-8,15H2,1-3H3,(H2,27,28,32). The van der Waals surface area contributed by atoms with Crippen molar-refractivity contribution in [3.63, 3.8) is 0 Å². The summed E-state index contributed by atoms with van der Waals surface area (Å²) in [5, 5.41) is 5.88. The summed E-state index contributed by atoms with van der Waals surface area (Å²) < 4.78 is 0. The van der Waals surface area contributed by atoms with Gasteiger partial charge in [-0.2, -0.15) is 0 Å². The smallest absolute Gasteiger partial charge is 0.319 e. The highest BCUT2D eigenvalue weighted by Crippen LogP contribution is 2.28. The Labute approximate surface area is 189 Å². The summed E-state index contributed by atoms with van der Waals surface area (Å²) in [5.74, 6) is -0.383. The van der Waals surface area contributed by atoms with Crippen LogP contribution in [0.1, 0.15) is 83.5 Å². The molecule has 1 aliphatic carbocycles. The molecule has 2 aromatic rings. The maximum Gasteiger partial charge on any atom is 0.319 e. The Balaban J connectivity index is 1.45. The molecule has 0 spiro atoms. The average Bonchev–Trinajstić information content (AvgIpc) is 3.01. The van der Waals surface area contributed by atoms with E-state index in [0.717, 1.165) is 24.8 Å². The second-order valence-corrected chi connectivity index (χ2v) is 9.17. The third-order valence-electron chi connectivity index (χ3n) is 6.26. The van der Waals surface area contributed by atoms with Gasteiger partial charge in [0, 0.05) is 12.2 Å². The molecular weight excluding hydrogens is 402 g/mol. The molecule has 1 aliphatic heterocycles. The molecule has 6 nitrogen and oxygen atoms in total. The highest BCUT2D eigenvalue weighted by Gasteiger charge is 2.35. The van der Waals surface area contributed by atoms with Gasteiger partial charge in [0.1, 0.15) is 0 Å². The number of aryl methyl sites for hydroxylation is 2. The SMILES string of the molecule is CCC(NC(=O)Nc1ccc2c(c1)C(=O)N(CC(C)C)C2=O)c1ccc2c(c1)CCCC2. The highest BCUT2D eigenvalue weighted by molar-refractivity contribution is 6.21. The van der Waals surface area contributed by atoms with Crippen LogP contribution in [0.2, 0.25) is 0 Å². The number of carbonyl (C=O) groups is 3. The van der Waals surface area contributed by atoms with E-state index in [0.29, 0.717) is 23.4 Å². The lowest BCUT2D eigenvalue weighted by molar-refractivity contribution is 0.0636. The van der Waals surface area contributed by atoms with Gasteiger partial charge in [-0.3, -0.25) is 14.5 Å². The first-order valence-electron chi connectivity index (χ1n) is 11.6. The van der Waals surface area contributed by atoms with E-state index in [-0.39, 0.29) is 29.8 Å². The molecule has 2 aliphatic rings. The molecule has 168 valence electrons. The predicted molar refractivity (Wildman–Crippen MR) is 125 cm³/mol. The van der Waals surface area contributed by atoms with Crippen molar-refractivity contribution in [2.24, 2.45) is 5.92 Å². The van der Waals surface area contributed by atoms with Gasteiger partial charge in [-0.15, -0.1) is 0 Å². The van der Waals surface area contributed by atoms with E-state index in [1.54, 1.807) is 18.2 Å². The van der Waals surface area contributed by atoms with Crippen LogP contribution in [0.3, 0.4) is 0 Å². The molecular formula is C26H31N3O3. The van der Waals surface area contributed by atoms with E-state index in [4.69, 9.17) is 0 Å². The molecule has 2 N–H and O–H groups in total. The number of imide groups is 1. The second kappa shape index (κ2) is 9.15. The van der Waals surface area contributed by atoms with E-state index in [1.165, 1.54) is 28.9 Å². The van der Waals surface area contributed by atoms with E-state index in [2.05, 4.69) is 28.8 Å². The van der Waals surface area contributed by atoms with Crippen molar-refractivity contribution >= 4 is 23.5 Å². The topological polar surface area (TPSA) is 78.5 Å². The van der Waals surface area contributed by atoms with Gasteiger partial charge in [-0.25, -0.2) is 4.79 Å². The van der Waals surface area contributed by atoms with Gasteiger partial charge < -0.3 is 10.6 Å². The Bertz CT molecular complexity index is 1060. The summed E-state index contributed by atoms with van der Waals surface area (Å²) in [6, 6.07) is 11.0. The van der Waals surface area contributed by atoms with Crippen LogP contribution in [-0.2, 0) is 12.8 Å². The Morgan fingerprint density at radius 1 is 0.969 bits per heavy atom. The molecule has 0 saturated heterocycles. The summed E-state index contributed by atoms with van der Waals surface area (Å²) in [7, 11) is 0. The molecule has 0 bridgehead atoms. The van der Waals surface area contributed by atoms with Crippen molar-refractivity contribution in [1.29, 1.82) is 0 Å². The van der Waals surface area contributed by atoms with Crippen LogP contribution in [0.25, 0.3) is 0 Å². The minimum atomic E-state index is -0.328. The van der Waals surface area contributed by atoms with Crippen LogP contribution in [0.5, 0.6) is 0 Å². The first-order chi connectivity index (χ1) is 15.4. The van der Waals surface area contributed by atoms with Crippen LogP contribution < -0.4 is 10.6 Å². The first kappa shape index (κ1) is 22.1. The van der Waals surface area contributed by atoms with Crippen molar-refractivity contribution in [3.05, 3.63) is 64.2 Å². The van der Waals surface area contributed by atoms with E-state index < -0.39 is 0 Å². The lowest BCUT2D eigenvalue weighted by Crippen LogP contribution is -2.33. The van der Waals surface area contributed by atoms with Crippen LogP contribution in [-0.4, -0.2) is 29.3 Å². The van der Waals surface area contributed by atoms with Crippen molar-refractivity contribution in [3.8, 4) is 0 Å². The molecule has 6 heteroatoms. The van der Waals surface area contributed by atoms with Gasteiger partial charge in [0.25, 0.3) is 11.8 Å². The number of fused-ring (bicyclic) bond motifs is 2. The average molecular weight is 434 g/mol. The number of urea groups is 1. The number of nitrogens with one attached hydrogen (secondary N) is 2. The summed E-state index contributed by atoms with van der Waals surface area (Å²) in [6.45, 7) is 6.36. The predicted octanol–water partition coefficient (Wildman–Crippen LogP) is 5.09. The molecule has 2 aromatic carbocycles. The van der Waals surface area contributed by atoms with Crippen molar-refractivity contribution in [1.82, 2.24) is 10.2 Å². The Morgan fingerprint density at radius 3 is 2.41 bits per heavy atom. The zero-order valence-electron chi connectivity index (χ0n) is 19.0.